The average Bonchev–Trinajstić information content (AvgIpc) is 2.89. The van der Waals surface area contributed by atoms with Gasteiger partial charge in [-0.25, -0.2) is 4.79 Å². The SMILES string of the molecule is CCOC(=O)c1ccc(NC2CCCC2SCC)c(N)c1. The summed E-state index contributed by atoms with van der Waals surface area (Å²) in [5, 5.41) is 4.20. The largest absolute Gasteiger partial charge is 0.462 e. The van der Waals surface area contributed by atoms with E-state index in [-0.39, 0.29) is 5.97 Å². The molecule has 0 radical (unpaired) electrons. The third-order valence-corrected chi connectivity index (χ3v) is 5.06. The highest BCUT2D eigenvalue weighted by molar-refractivity contribution is 7.99. The Morgan fingerprint density at radius 3 is 2.90 bits per heavy atom. The third-order valence-electron chi connectivity index (χ3n) is 3.74. The molecule has 1 aromatic rings. The fraction of sp³-hybridized carbons (Fsp3) is 0.562. The normalized spacial score (nSPS) is 21.2. The Kier molecular flexibility index (Phi) is 5.79. The number of hydrogen-bond acceptors (Lipinski definition) is 5. The lowest BCUT2D eigenvalue weighted by Gasteiger charge is -2.22. The third kappa shape index (κ3) is 4.06. The summed E-state index contributed by atoms with van der Waals surface area (Å²) in [6, 6.07) is 5.81. The second kappa shape index (κ2) is 7.59. The van der Waals surface area contributed by atoms with Crippen molar-refractivity contribution in [3.63, 3.8) is 0 Å². The Balaban J connectivity index is 2.05. The van der Waals surface area contributed by atoms with Crippen LogP contribution in [0.3, 0.4) is 0 Å². The topological polar surface area (TPSA) is 64.3 Å². The second-order valence-corrected chi connectivity index (χ2v) is 6.71. The smallest absolute Gasteiger partial charge is 0.338 e. The Bertz CT molecular complexity index is 493. The molecule has 3 N–H and O–H groups in total. The zero-order valence-corrected chi connectivity index (χ0v) is 13.5. The molecule has 0 bridgehead atoms. The van der Waals surface area contributed by atoms with E-state index in [0.717, 1.165) is 11.4 Å². The lowest BCUT2D eigenvalue weighted by atomic mass is 10.1. The van der Waals surface area contributed by atoms with Gasteiger partial charge in [0.15, 0.2) is 0 Å². The van der Waals surface area contributed by atoms with Crippen molar-refractivity contribution in [1.82, 2.24) is 0 Å². The summed E-state index contributed by atoms with van der Waals surface area (Å²) >= 11 is 2.01. The van der Waals surface area contributed by atoms with Crippen molar-refractivity contribution in [2.45, 2.75) is 44.4 Å². The number of nitrogen functional groups attached to an aromatic ring is 1. The predicted molar refractivity (Wildman–Crippen MR) is 90.0 cm³/mol. The molecular formula is C16H24N2O2S. The minimum absolute atomic E-state index is 0.323. The van der Waals surface area contributed by atoms with Crippen LogP contribution in [-0.2, 0) is 4.74 Å². The average molecular weight is 308 g/mol. The molecule has 4 nitrogen and oxygen atoms in total. The van der Waals surface area contributed by atoms with Crippen molar-refractivity contribution in [2.24, 2.45) is 0 Å². The number of hydrogen-bond donors (Lipinski definition) is 2. The molecule has 2 unspecified atom stereocenters. The zero-order chi connectivity index (χ0) is 15.2. The first-order valence-electron chi connectivity index (χ1n) is 7.60. The minimum atomic E-state index is -0.323. The fourth-order valence-corrected chi connectivity index (χ4v) is 3.94. The van der Waals surface area contributed by atoms with Gasteiger partial charge < -0.3 is 15.8 Å². The van der Waals surface area contributed by atoms with Crippen LogP contribution in [0.15, 0.2) is 18.2 Å². The maximum atomic E-state index is 11.7. The molecule has 21 heavy (non-hydrogen) atoms. The molecule has 1 aliphatic carbocycles. The first kappa shape index (κ1) is 16.0. The number of benzene rings is 1. The molecule has 1 fully saturated rings. The van der Waals surface area contributed by atoms with Gasteiger partial charge in [-0.3, -0.25) is 0 Å². The van der Waals surface area contributed by atoms with Gasteiger partial charge in [-0.05, 0) is 43.7 Å². The van der Waals surface area contributed by atoms with Crippen LogP contribution in [0, 0.1) is 0 Å². The van der Waals surface area contributed by atoms with E-state index in [1.165, 1.54) is 19.3 Å². The molecule has 1 aromatic carbocycles. The highest BCUT2D eigenvalue weighted by Crippen LogP contribution is 2.33. The summed E-state index contributed by atoms with van der Waals surface area (Å²) in [5.41, 5.74) is 8.10. The molecule has 0 aliphatic heterocycles. The van der Waals surface area contributed by atoms with Crippen molar-refractivity contribution < 1.29 is 9.53 Å². The quantitative estimate of drug-likeness (QED) is 0.622. The lowest BCUT2D eigenvalue weighted by Crippen LogP contribution is -2.26. The summed E-state index contributed by atoms with van der Waals surface area (Å²) in [6.07, 6.45) is 3.70. The van der Waals surface area contributed by atoms with Gasteiger partial charge in [0.05, 0.1) is 23.5 Å². The van der Waals surface area contributed by atoms with Crippen LogP contribution in [0.25, 0.3) is 0 Å². The van der Waals surface area contributed by atoms with Crippen molar-refractivity contribution >= 4 is 29.1 Å². The summed E-state index contributed by atoms with van der Waals surface area (Å²) in [5.74, 6) is 0.816. The molecular weight excluding hydrogens is 284 g/mol. The van der Waals surface area contributed by atoms with Crippen LogP contribution in [0.4, 0.5) is 11.4 Å². The molecule has 5 heteroatoms. The lowest BCUT2D eigenvalue weighted by molar-refractivity contribution is 0.0526. The van der Waals surface area contributed by atoms with Crippen molar-refractivity contribution in [3.8, 4) is 0 Å². The molecule has 116 valence electrons. The van der Waals surface area contributed by atoms with Gasteiger partial charge in [0.1, 0.15) is 0 Å². The molecule has 1 saturated carbocycles. The van der Waals surface area contributed by atoms with Gasteiger partial charge in [0.2, 0.25) is 0 Å². The van der Waals surface area contributed by atoms with Crippen LogP contribution in [0.2, 0.25) is 0 Å². The van der Waals surface area contributed by atoms with E-state index in [0.29, 0.717) is 29.1 Å². The van der Waals surface area contributed by atoms with Gasteiger partial charge in [-0.15, -0.1) is 0 Å². The van der Waals surface area contributed by atoms with E-state index in [4.69, 9.17) is 10.5 Å². The first-order chi connectivity index (χ1) is 10.2. The number of esters is 1. The van der Waals surface area contributed by atoms with Crippen molar-refractivity contribution in [3.05, 3.63) is 23.8 Å². The van der Waals surface area contributed by atoms with E-state index >= 15 is 0 Å². The van der Waals surface area contributed by atoms with Crippen LogP contribution < -0.4 is 11.1 Å². The Labute approximate surface area is 130 Å². The maximum absolute atomic E-state index is 11.7. The molecule has 2 rings (SSSR count). The Morgan fingerprint density at radius 2 is 2.24 bits per heavy atom. The molecule has 0 spiro atoms. The monoisotopic (exact) mass is 308 g/mol. The summed E-state index contributed by atoms with van der Waals surface area (Å²) < 4.78 is 4.99. The van der Waals surface area contributed by atoms with Crippen molar-refractivity contribution in [1.29, 1.82) is 0 Å². The van der Waals surface area contributed by atoms with Crippen LogP contribution in [-0.4, -0.2) is 29.6 Å². The Morgan fingerprint density at radius 1 is 1.43 bits per heavy atom. The summed E-state index contributed by atoms with van der Waals surface area (Å²) in [7, 11) is 0. The van der Waals surface area contributed by atoms with E-state index in [9.17, 15) is 4.79 Å². The molecule has 1 aliphatic rings. The van der Waals surface area contributed by atoms with Gasteiger partial charge >= 0.3 is 5.97 Å². The highest BCUT2D eigenvalue weighted by atomic mass is 32.2. The van der Waals surface area contributed by atoms with Gasteiger partial charge in [-0.2, -0.15) is 11.8 Å². The molecule has 0 saturated heterocycles. The van der Waals surface area contributed by atoms with E-state index < -0.39 is 0 Å². The van der Waals surface area contributed by atoms with Gasteiger partial charge in [0, 0.05) is 11.3 Å². The molecule has 0 aromatic heterocycles. The van der Waals surface area contributed by atoms with Crippen LogP contribution in [0.1, 0.15) is 43.5 Å². The number of anilines is 2. The number of ether oxygens (including phenoxy) is 1. The zero-order valence-electron chi connectivity index (χ0n) is 12.7. The van der Waals surface area contributed by atoms with Crippen LogP contribution >= 0.6 is 11.8 Å². The highest BCUT2D eigenvalue weighted by Gasteiger charge is 2.27. The minimum Gasteiger partial charge on any atom is -0.462 e. The second-order valence-electron chi connectivity index (χ2n) is 5.20. The molecule has 0 heterocycles. The van der Waals surface area contributed by atoms with Gasteiger partial charge in [-0.1, -0.05) is 13.3 Å². The Hall–Kier alpha value is -1.36. The van der Waals surface area contributed by atoms with Gasteiger partial charge in [0.25, 0.3) is 0 Å². The fourth-order valence-electron chi connectivity index (χ4n) is 2.74. The molecule has 2 atom stereocenters. The van der Waals surface area contributed by atoms with E-state index in [1.54, 1.807) is 19.1 Å². The summed E-state index contributed by atoms with van der Waals surface area (Å²) in [6.45, 7) is 4.36. The predicted octanol–water partition coefficient (Wildman–Crippen LogP) is 3.53. The standard InChI is InChI=1S/C16H24N2O2S/c1-3-20-16(19)11-8-9-13(12(17)10-11)18-14-6-5-7-15(14)21-4-2/h8-10,14-15,18H,3-7,17H2,1-2H3. The summed E-state index contributed by atoms with van der Waals surface area (Å²) in [4.78, 5) is 11.7. The number of rotatable bonds is 6. The number of nitrogens with two attached hydrogens (primary N) is 1. The first-order valence-corrected chi connectivity index (χ1v) is 8.65. The van der Waals surface area contributed by atoms with E-state index in [2.05, 4.69) is 12.2 Å². The molecule has 0 amide bonds. The van der Waals surface area contributed by atoms with Crippen molar-refractivity contribution in [2.75, 3.05) is 23.4 Å². The number of thioether (sulfide) groups is 1. The van der Waals surface area contributed by atoms with Crippen LogP contribution in [0.5, 0.6) is 0 Å². The number of carbonyl (C=O) groups excluding carboxylic acids is 1. The van der Waals surface area contributed by atoms with E-state index in [1.807, 2.05) is 17.8 Å². The number of nitrogens with one attached hydrogen (secondary N) is 1. The maximum Gasteiger partial charge on any atom is 0.338 e. The number of carbonyl (C=O) groups is 1.